The van der Waals surface area contributed by atoms with Gasteiger partial charge in [0.05, 0.1) is 0 Å². The smallest absolute Gasteiger partial charge is 0.652 e. The molecule has 15 heavy (non-hydrogen) atoms. The maximum absolute atomic E-state index is 8.58. The molecule has 0 aliphatic rings. The summed E-state index contributed by atoms with van der Waals surface area (Å²) in [4.78, 5) is 8.33. The quantitative estimate of drug-likeness (QED) is 0.488. The third-order valence-electron chi connectivity index (χ3n) is 1.10. The minimum Gasteiger partial charge on any atom is -0.652 e. The van der Waals surface area contributed by atoms with Gasteiger partial charge in [-0.15, -0.1) is 0 Å². The Kier molecular flexibility index (Phi) is 20.2. The van der Waals surface area contributed by atoms with Crippen LogP contribution in [0.3, 0.4) is 0 Å². The Morgan fingerprint density at radius 2 is 1.40 bits per heavy atom. The number of carbonyl (C=O) groups is 1. The van der Waals surface area contributed by atoms with Crippen LogP contribution in [0.25, 0.3) is 0 Å². The number of hydrogen-bond acceptors (Lipinski definition) is 5. The van der Waals surface area contributed by atoms with Crippen LogP contribution in [0.4, 0.5) is 4.79 Å². The van der Waals surface area contributed by atoms with Crippen LogP contribution in [-0.4, -0.2) is 23.3 Å². The second-order valence-corrected chi connectivity index (χ2v) is 2.03. The number of rotatable bonds is 1. The van der Waals surface area contributed by atoms with E-state index in [1.165, 1.54) is 0 Å². The molecule has 1 aromatic carbocycles. The summed E-state index contributed by atoms with van der Waals surface area (Å²) in [6.07, 6.45) is -2.33. The standard InChI is InChI=1S/C6H7BO2.CH2O3.2K/c8-7(9)6-4-2-1-3-5-6;2-1(3)4;;/h1-5,8-9H;(H2,2,3,4);;/q;;2*+1/p-2. The van der Waals surface area contributed by atoms with Crippen molar-refractivity contribution >= 4 is 18.7 Å². The molecule has 5 nitrogen and oxygen atoms in total. The number of carboxylic acid groups (broad SMARTS) is 2. The summed E-state index contributed by atoms with van der Waals surface area (Å²) in [6, 6.07) is 8.66. The van der Waals surface area contributed by atoms with E-state index in [0.717, 1.165) is 0 Å². The van der Waals surface area contributed by atoms with Crippen LogP contribution < -0.4 is 118 Å². The molecule has 0 saturated heterocycles. The molecule has 70 valence electrons. The average molecular weight is 260 g/mol. The number of benzene rings is 1. The summed E-state index contributed by atoms with van der Waals surface area (Å²) in [7, 11) is -1.34. The van der Waals surface area contributed by atoms with E-state index in [0.29, 0.717) is 5.46 Å². The van der Waals surface area contributed by atoms with Gasteiger partial charge in [0.25, 0.3) is 0 Å². The first-order valence-electron chi connectivity index (χ1n) is 3.33. The van der Waals surface area contributed by atoms with E-state index in [4.69, 9.17) is 25.1 Å². The van der Waals surface area contributed by atoms with Gasteiger partial charge in [-0.1, -0.05) is 30.3 Å². The Morgan fingerprint density at radius 3 is 1.60 bits per heavy atom. The maximum atomic E-state index is 8.58. The van der Waals surface area contributed by atoms with Crippen molar-refractivity contribution in [2.75, 3.05) is 0 Å². The Morgan fingerprint density at radius 1 is 1.07 bits per heavy atom. The monoisotopic (exact) mass is 260 g/mol. The third-order valence-corrected chi connectivity index (χ3v) is 1.10. The molecule has 0 aromatic heterocycles. The van der Waals surface area contributed by atoms with Crippen LogP contribution >= 0.6 is 0 Å². The molecule has 0 atom stereocenters. The zero-order valence-electron chi connectivity index (χ0n) is 8.58. The van der Waals surface area contributed by atoms with Gasteiger partial charge in [-0.05, 0) is 11.6 Å². The van der Waals surface area contributed by atoms with Crippen LogP contribution in [0.2, 0.25) is 0 Å². The van der Waals surface area contributed by atoms with Crippen molar-refractivity contribution in [2.45, 2.75) is 0 Å². The molecule has 0 spiro atoms. The fourth-order valence-corrected chi connectivity index (χ4v) is 0.625. The molecular formula is C7H7BK2O5. The first-order chi connectivity index (χ1) is 6.04. The van der Waals surface area contributed by atoms with E-state index in [2.05, 4.69) is 0 Å². The van der Waals surface area contributed by atoms with Gasteiger partial charge in [-0.3, -0.25) is 0 Å². The van der Waals surface area contributed by atoms with E-state index in [1.807, 2.05) is 6.07 Å². The first kappa shape index (κ1) is 22.0. The minimum absolute atomic E-state index is 0. The van der Waals surface area contributed by atoms with Gasteiger partial charge < -0.3 is 25.1 Å². The van der Waals surface area contributed by atoms with Gasteiger partial charge in [0.2, 0.25) is 0 Å². The molecule has 0 aliphatic carbocycles. The van der Waals surface area contributed by atoms with Crippen LogP contribution in [-0.2, 0) is 0 Å². The fourth-order valence-electron chi connectivity index (χ4n) is 0.625. The van der Waals surface area contributed by atoms with E-state index in [-0.39, 0.29) is 103 Å². The van der Waals surface area contributed by atoms with Crippen molar-refractivity contribution in [3.8, 4) is 0 Å². The van der Waals surface area contributed by atoms with E-state index in [1.54, 1.807) is 24.3 Å². The number of hydrogen-bond donors (Lipinski definition) is 2. The molecule has 0 aliphatic heterocycles. The Hall–Kier alpha value is 1.75. The summed E-state index contributed by atoms with van der Waals surface area (Å²) in [5.74, 6) is 0. The summed E-state index contributed by atoms with van der Waals surface area (Å²) in [6.45, 7) is 0. The van der Waals surface area contributed by atoms with Gasteiger partial charge in [0, 0.05) is 0 Å². The molecule has 8 heteroatoms. The average Bonchev–Trinajstić information content (AvgIpc) is 2.05. The van der Waals surface area contributed by atoms with Gasteiger partial charge in [-0.2, -0.15) is 0 Å². The first-order valence-corrected chi connectivity index (χ1v) is 3.33. The Labute approximate surface area is 173 Å². The maximum Gasteiger partial charge on any atom is 1.00 e. The van der Waals surface area contributed by atoms with Crippen molar-refractivity contribution in [1.82, 2.24) is 0 Å². The summed E-state index contributed by atoms with van der Waals surface area (Å²) >= 11 is 0. The molecule has 0 heterocycles. The second-order valence-electron chi connectivity index (χ2n) is 2.03. The molecule has 0 unspecified atom stereocenters. The van der Waals surface area contributed by atoms with Gasteiger partial charge in [-0.25, -0.2) is 0 Å². The SMILES string of the molecule is O=C([O-])[O-].OB(O)c1ccccc1.[K+].[K+]. The summed E-state index contributed by atoms with van der Waals surface area (Å²) in [5, 5.41) is 33.8. The Bertz CT molecular complexity index is 253. The normalized spacial score (nSPS) is 7.07. The molecule has 0 radical (unpaired) electrons. The van der Waals surface area contributed by atoms with E-state index >= 15 is 0 Å². The molecule has 0 bridgehead atoms. The zero-order valence-corrected chi connectivity index (χ0v) is 14.8. The fraction of sp³-hybridized carbons (Fsp3) is 0. The van der Waals surface area contributed by atoms with E-state index < -0.39 is 13.3 Å². The molecule has 0 fully saturated rings. The van der Waals surface area contributed by atoms with E-state index in [9.17, 15) is 0 Å². The third kappa shape index (κ3) is 15.7. The minimum atomic E-state index is -2.33. The predicted molar refractivity (Wildman–Crippen MR) is 41.7 cm³/mol. The number of carbonyl (C=O) groups excluding carboxylic acids is 1. The van der Waals surface area contributed by atoms with Crippen LogP contribution in [0, 0.1) is 0 Å². The van der Waals surface area contributed by atoms with Crippen LogP contribution in [0.5, 0.6) is 0 Å². The van der Waals surface area contributed by atoms with Crippen molar-refractivity contribution in [2.24, 2.45) is 0 Å². The van der Waals surface area contributed by atoms with Crippen molar-refractivity contribution < 1.29 is 128 Å². The van der Waals surface area contributed by atoms with Crippen molar-refractivity contribution in [1.29, 1.82) is 0 Å². The molecule has 1 rings (SSSR count). The predicted octanol–water partition coefficient (Wildman–Crippen LogP) is -9.07. The zero-order chi connectivity index (χ0) is 10.3. The van der Waals surface area contributed by atoms with Crippen molar-refractivity contribution in [3.63, 3.8) is 0 Å². The van der Waals surface area contributed by atoms with Crippen LogP contribution in [0.15, 0.2) is 30.3 Å². The molecule has 1 aromatic rings. The second kappa shape index (κ2) is 13.8. The topological polar surface area (TPSA) is 104 Å². The van der Waals surface area contributed by atoms with Gasteiger partial charge in [0.1, 0.15) is 0 Å². The molecular weight excluding hydrogens is 253 g/mol. The Balaban J connectivity index is -0.000000213. The van der Waals surface area contributed by atoms with Gasteiger partial charge in [0.15, 0.2) is 0 Å². The molecule has 0 saturated carbocycles. The summed E-state index contributed by atoms with van der Waals surface area (Å²) < 4.78 is 0. The largest absolute Gasteiger partial charge is 1.00 e. The van der Waals surface area contributed by atoms with Crippen LogP contribution in [0.1, 0.15) is 0 Å². The summed E-state index contributed by atoms with van der Waals surface area (Å²) in [5.41, 5.74) is 0.525. The molecule has 0 amide bonds. The van der Waals surface area contributed by atoms with Gasteiger partial charge >= 0.3 is 110 Å². The molecule has 2 N–H and O–H groups in total. The van der Waals surface area contributed by atoms with Crippen molar-refractivity contribution in [3.05, 3.63) is 30.3 Å².